The topological polar surface area (TPSA) is 27.0 Å². The molecular weight excluding hydrogens is 365 g/mol. The van der Waals surface area contributed by atoms with Crippen LogP contribution in [-0.4, -0.2) is 12.7 Å². The summed E-state index contributed by atoms with van der Waals surface area (Å²) in [7, 11) is 0. The number of hydrogen-bond acceptors (Lipinski definition) is 2. The fourth-order valence-electron chi connectivity index (χ4n) is 2.35. The van der Waals surface area contributed by atoms with Gasteiger partial charge >= 0.3 is 12.4 Å². The van der Waals surface area contributed by atoms with Crippen LogP contribution >= 0.6 is 0 Å². The van der Waals surface area contributed by atoms with Crippen LogP contribution in [0.2, 0.25) is 0 Å². The molecule has 0 aliphatic carbocycles. The molecule has 0 aliphatic heterocycles. The van der Waals surface area contributed by atoms with Gasteiger partial charge in [0, 0.05) is 17.8 Å². The van der Waals surface area contributed by atoms with Gasteiger partial charge in [-0.15, -0.1) is 0 Å². The van der Waals surface area contributed by atoms with Crippen molar-refractivity contribution in [3.63, 3.8) is 0 Å². The Kier molecular flexibility index (Phi) is 5.44. The van der Waals surface area contributed by atoms with E-state index >= 15 is 0 Å². The quantitative estimate of drug-likeness (QED) is 0.679. The molecule has 0 atom stereocenters. The summed E-state index contributed by atoms with van der Waals surface area (Å²) in [6, 6.07) is 8.62. The smallest absolute Gasteiger partial charge is 0.358 e. The first-order valence-corrected chi connectivity index (χ1v) is 7.18. The van der Waals surface area contributed by atoms with Gasteiger partial charge in [-0.2, -0.15) is 31.6 Å². The molecule has 0 fully saturated rings. The molecule has 2 rings (SSSR count). The highest BCUT2D eigenvalue weighted by Gasteiger charge is 2.36. The van der Waals surface area contributed by atoms with Crippen LogP contribution in [0.3, 0.4) is 0 Å². The lowest BCUT2D eigenvalue weighted by atomic mass is 10.1. The van der Waals surface area contributed by atoms with Crippen LogP contribution in [0.25, 0.3) is 0 Å². The predicted octanol–water partition coefficient (Wildman–Crippen LogP) is 5.29. The second-order valence-electron chi connectivity index (χ2n) is 5.40. The number of hydrogen-bond donors (Lipinski definition) is 0. The van der Waals surface area contributed by atoms with Gasteiger partial charge in [-0.05, 0) is 24.3 Å². The molecule has 0 saturated carbocycles. The highest BCUT2D eigenvalue weighted by atomic mass is 19.4. The van der Waals surface area contributed by atoms with Crippen molar-refractivity contribution < 1.29 is 30.7 Å². The van der Waals surface area contributed by atoms with E-state index < -0.39 is 48.1 Å². The molecule has 0 radical (unpaired) electrons. The zero-order chi connectivity index (χ0) is 19.5. The highest BCUT2D eigenvalue weighted by molar-refractivity contribution is 5.55. The number of nitriles is 1. The number of alkyl halides is 6. The summed E-state index contributed by atoms with van der Waals surface area (Å²) in [5, 5.41) is 8.78. The summed E-state index contributed by atoms with van der Waals surface area (Å²) < 4.78 is 91.5. The van der Waals surface area contributed by atoms with Crippen LogP contribution in [0.15, 0.2) is 42.5 Å². The third-order valence-electron chi connectivity index (χ3n) is 3.48. The Labute approximate surface area is 144 Å². The van der Waals surface area contributed by atoms with E-state index in [0.29, 0.717) is 11.0 Å². The summed E-state index contributed by atoms with van der Waals surface area (Å²) in [4.78, 5) is 0.578. The Balaban J connectivity index is 2.49. The van der Waals surface area contributed by atoms with E-state index in [1.54, 1.807) is 0 Å². The SMILES string of the molecule is N#Cc1ccc(N(Cc2ccccc2F)CC(F)(F)F)cc1C(F)(F)F. The molecule has 2 nitrogen and oxygen atoms in total. The first kappa shape index (κ1) is 19.6. The van der Waals surface area contributed by atoms with Crippen LogP contribution in [0, 0.1) is 17.1 Å². The molecule has 26 heavy (non-hydrogen) atoms. The van der Waals surface area contributed by atoms with Crippen molar-refractivity contribution in [2.45, 2.75) is 18.9 Å². The molecule has 0 saturated heterocycles. The van der Waals surface area contributed by atoms with Crippen molar-refractivity contribution in [1.29, 1.82) is 5.26 Å². The van der Waals surface area contributed by atoms with Crippen molar-refractivity contribution in [3.8, 4) is 6.07 Å². The normalized spacial score (nSPS) is 11.9. The minimum atomic E-state index is -4.91. The van der Waals surface area contributed by atoms with Gasteiger partial charge in [0.05, 0.1) is 17.2 Å². The Morgan fingerprint density at radius 3 is 2.15 bits per heavy atom. The van der Waals surface area contributed by atoms with Gasteiger partial charge in [0.25, 0.3) is 0 Å². The van der Waals surface area contributed by atoms with Crippen molar-refractivity contribution >= 4 is 5.69 Å². The fourth-order valence-corrected chi connectivity index (χ4v) is 2.35. The third-order valence-corrected chi connectivity index (χ3v) is 3.48. The lowest BCUT2D eigenvalue weighted by molar-refractivity contribution is -0.137. The molecule has 138 valence electrons. The molecule has 0 spiro atoms. The molecule has 0 aliphatic rings. The van der Waals surface area contributed by atoms with E-state index in [4.69, 9.17) is 5.26 Å². The Hall–Kier alpha value is -2.76. The van der Waals surface area contributed by atoms with Crippen LogP contribution < -0.4 is 4.90 Å². The Bertz CT molecular complexity index is 819. The predicted molar refractivity (Wildman–Crippen MR) is 79.7 cm³/mol. The Morgan fingerprint density at radius 1 is 0.962 bits per heavy atom. The molecule has 9 heteroatoms. The van der Waals surface area contributed by atoms with Gasteiger partial charge in [-0.1, -0.05) is 18.2 Å². The number of anilines is 1. The standard InChI is InChI=1S/C17H11F7N2/c18-15-4-2-1-3-12(15)9-26(10-16(19,20)21)13-6-5-11(8-25)14(7-13)17(22,23)24/h1-7H,9-10H2. The van der Waals surface area contributed by atoms with Gasteiger partial charge in [-0.25, -0.2) is 4.39 Å². The number of rotatable bonds is 4. The molecular formula is C17H11F7N2. The van der Waals surface area contributed by atoms with E-state index in [-0.39, 0.29) is 5.56 Å². The molecule has 0 amide bonds. The molecule has 0 heterocycles. The third kappa shape index (κ3) is 4.88. The minimum Gasteiger partial charge on any atom is -0.358 e. The van der Waals surface area contributed by atoms with Crippen molar-refractivity contribution in [1.82, 2.24) is 0 Å². The average molecular weight is 376 g/mol. The van der Waals surface area contributed by atoms with Gasteiger partial charge < -0.3 is 4.90 Å². The molecule has 2 aromatic carbocycles. The zero-order valence-corrected chi connectivity index (χ0v) is 13.0. The van der Waals surface area contributed by atoms with E-state index in [2.05, 4.69) is 0 Å². The van der Waals surface area contributed by atoms with Crippen molar-refractivity contribution in [3.05, 3.63) is 65.0 Å². The minimum absolute atomic E-state index is 0.102. The monoisotopic (exact) mass is 376 g/mol. The lowest BCUT2D eigenvalue weighted by Gasteiger charge is -2.27. The molecule has 0 aromatic heterocycles. The van der Waals surface area contributed by atoms with Gasteiger partial charge in [0.2, 0.25) is 0 Å². The van der Waals surface area contributed by atoms with Crippen LogP contribution in [0.5, 0.6) is 0 Å². The summed E-state index contributed by atoms with van der Waals surface area (Å²) >= 11 is 0. The van der Waals surface area contributed by atoms with E-state index in [0.717, 1.165) is 18.2 Å². The average Bonchev–Trinajstić information content (AvgIpc) is 2.53. The van der Waals surface area contributed by atoms with Crippen LogP contribution in [0.4, 0.5) is 36.4 Å². The van der Waals surface area contributed by atoms with E-state index in [1.807, 2.05) is 0 Å². The van der Waals surface area contributed by atoms with Crippen LogP contribution in [-0.2, 0) is 12.7 Å². The van der Waals surface area contributed by atoms with Crippen molar-refractivity contribution in [2.75, 3.05) is 11.4 Å². The van der Waals surface area contributed by atoms with Crippen molar-refractivity contribution in [2.24, 2.45) is 0 Å². The fraction of sp³-hybridized carbons (Fsp3) is 0.235. The van der Waals surface area contributed by atoms with Crippen LogP contribution in [0.1, 0.15) is 16.7 Å². The molecule has 0 N–H and O–H groups in total. The second kappa shape index (κ2) is 7.23. The molecule has 0 unspecified atom stereocenters. The lowest BCUT2D eigenvalue weighted by Crippen LogP contribution is -2.34. The zero-order valence-electron chi connectivity index (χ0n) is 13.0. The molecule has 0 bridgehead atoms. The maximum Gasteiger partial charge on any atom is 0.417 e. The number of nitrogens with zero attached hydrogens (tertiary/aromatic N) is 2. The summed E-state index contributed by atoms with van der Waals surface area (Å²) in [5.41, 5.74) is -2.58. The van der Waals surface area contributed by atoms with Gasteiger partial charge in [0.1, 0.15) is 12.4 Å². The summed E-state index contributed by atoms with van der Waals surface area (Å²) in [5.74, 6) is -0.774. The largest absolute Gasteiger partial charge is 0.417 e. The first-order valence-electron chi connectivity index (χ1n) is 7.18. The number of benzene rings is 2. The maximum absolute atomic E-state index is 13.8. The summed E-state index contributed by atoms with van der Waals surface area (Å²) in [6.07, 6.45) is -9.64. The maximum atomic E-state index is 13.8. The highest BCUT2D eigenvalue weighted by Crippen LogP contribution is 2.35. The van der Waals surface area contributed by atoms with Gasteiger partial charge in [0.15, 0.2) is 0 Å². The Morgan fingerprint density at radius 2 is 1.62 bits per heavy atom. The van der Waals surface area contributed by atoms with E-state index in [9.17, 15) is 30.7 Å². The van der Waals surface area contributed by atoms with E-state index in [1.165, 1.54) is 24.3 Å². The first-order chi connectivity index (χ1) is 12.0. The van der Waals surface area contributed by atoms with Gasteiger partial charge in [-0.3, -0.25) is 0 Å². The molecule has 2 aromatic rings. The number of halogens is 7. The summed E-state index contributed by atoms with van der Waals surface area (Å²) in [6.45, 7) is -2.17. The second-order valence-corrected chi connectivity index (χ2v) is 5.40.